The molecule has 0 aliphatic carbocycles. The van der Waals surface area contributed by atoms with Crippen molar-refractivity contribution in [2.75, 3.05) is 24.7 Å². The highest BCUT2D eigenvalue weighted by Crippen LogP contribution is 2.30. The third-order valence-electron chi connectivity index (χ3n) is 2.96. The Morgan fingerprint density at radius 3 is 2.85 bits per heavy atom. The number of hydrogen-bond acceptors (Lipinski definition) is 4. The number of carboxylic acids is 1. The van der Waals surface area contributed by atoms with Gasteiger partial charge in [0, 0.05) is 6.54 Å². The number of aliphatic carboxylic acids is 1. The Kier molecular flexibility index (Phi) is 4.41. The fraction of sp³-hybridized carbons (Fsp3) is 0.385. The molecule has 1 unspecified atom stereocenters. The van der Waals surface area contributed by atoms with Gasteiger partial charge >= 0.3 is 12.0 Å². The Bertz CT molecular complexity index is 505. The Morgan fingerprint density at radius 1 is 1.40 bits per heavy atom. The zero-order valence-electron chi connectivity index (χ0n) is 10.8. The van der Waals surface area contributed by atoms with E-state index in [1.165, 1.54) is 4.90 Å². The molecule has 1 aliphatic heterocycles. The van der Waals surface area contributed by atoms with Crippen molar-refractivity contribution in [1.29, 1.82) is 0 Å². The zero-order chi connectivity index (χ0) is 14.5. The number of benzene rings is 1. The van der Waals surface area contributed by atoms with Gasteiger partial charge in [0.2, 0.25) is 0 Å². The van der Waals surface area contributed by atoms with Gasteiger partial charge in [-0.1, -0.05) is 12.1 Å². The molecule has 1 aliphatic rings. The predicted molar refractivity (Wildman–Crippen MR) is 70.9 cm³/mol. The summed E-state index contributed by atoms with van der Waals surface area (Å²) >= 11 is 0. The summed E-state index contributed by atoms with van der Waals surface area (Å²) < 4.78 is 5.52. The van der Waals surface area contributed by atoms with Crippen molar-refractivity contribution in [1.82, 2.24) is 5.32 Å². The molecule has 20 heavy (non-hydrogen) atoms. The maximum Gasteiger partial charge on any atom is 0.328 e. The van der Waals surface area contributed by atoms with Crippen molar-refractivity contribution in [3.63, 3.8) is 0 Å². The first-order valence-electron chi connectivity index (χ1n) is 6.27. The second-order valence-corrected chi connectivity index (χ2v) is 4.34. The molecule has 0 aromatic heterocycles. The monoisotopic (exact) mass is 280 g/mol. The third kappa shape index (κ3) is 3.00. The number of anilines is 1. The molecule has 0 fully saturated rings. The van der Waals surface area contributed by atoms with Crippen LogP contribution in [-0.2, 0) is 4.79 Å². The second-order valence-electron chi connectivity index (χ2n) is 4.34. The minimum absolute atomic E-state index is 0.417. The molecule has 0 bridgehead atoms. The number of nitrogens with zero attached hydrogens (tertiary/aromatic N) is 1. The van der Waals surface area contributed by atoms with Crippen LogP contribution in [0.3, 0.4) is 0 Å². The van der Waals surface area contributed by atoms with Gasteiger partial charge in [0.1, 0.15) is 5.75 Å². The van der Waals surface area contributed by atoms with Crippen LogP contribution in [0.1, 0.15) is 6.42 Å². The molecule has 0 saturated heterocycles. The average molecular weight is 280 g/mol. The predicted octanol–water partition coefficient (Wildman–Crippen LogP) is 0.431. The number of carbonyl (C=O) groups excluding carboxylic acids is 1. The summed E-state index contributed by atoms with van der Waals surface area (Å²) in [5.74, 6) is -0.698. The normalized spacial score (nSPS) is 15.6. The van der Waals surface area contributed by atoms with Crippen LogP contribution in [0.5, 0.6) is 5.75 Å². The molecular weight excluding hydrogens is 264 g/mol. The molecule has 1 aromatic carbocycles. The number of aliphatic hydroxyl groups excluding tert-OH is 1. The summed E-state index contributed by atoms with van der Waals surface area (Å²) in [7, 11) is 0. The Hall–Kier alpha value is -2.28. The van der Waals surface area contributed by atoms with E-state index >= 15 is 0 Å². The Balaban J connectivity index is 2.19. The van der Waals surface area contributed by atoms with Crippen LogP contribution in [-0.4, -0.2) is 48.0 Å². The molecule has 2 rings (SSSR count). The Labute approximate surface area is 115 Å². The van der Waals surface area contributed by atoms with Crippen LogP contribution in [0.15, 0.2) is 24.3 Å². The first-order chi connectivity index (χ1) is 9.63. The SMILES string of the molecule is O=C(O)C(CO)NC(=O)N1CCCOc2ccccc21. The average Bonchev–Trinajstić information content (AvgIpc) is 2.66. The number of carboxylic acid groups (broad SMARTS) is 1. The minimum Gasteiger partial charge on any atom is -0.491 e. The van der Waals surface area contributed by atoms with Crippen molar-refractivity contribution in [2.45, 2.75) is 12.5 Å². The summed E-state index contributed by atoms with van der Waals surface area (Å²) in [6.45, 7) is 0.247. The first-order valence-corrected chi connectivity index (χ1v) is 6.27. The lowest BCUT2D eigenvalue weighted by atomic mass is 10.2. The molecule has 1 aromatic rings. The zero-order valence-corrected chi connectivity index (χ0v) is 10.8. The van der Waals surface area contributed by atoms with Gasteiger partial charge in [0.25, 0.3) is 0 Å². The van der Waals surface area contributed by atoms with E-state index in [2.05, 4.69) is 5.32 Å². The van der Waals surface area contributed by atoms with Crippen LogP contribution in [0, 0.1) is 0 Å². The van der Waals surface area contributed by atoms with E-state index in [1.54, 1.807) is 24.3 Å². The molecule has 0 saturated carbocycles. The second kappa shape index (κ2) is 6.25. The number of fused-ring (bicyclic) bond motifs is 1. The quantitative estimate of drug-likeness (QED) is 0.745. The maximum atomic E-state index is 12.2. The fourth-order valence-electron chi connectivity index (χ4n) is 1.95. The summed E-state index contributed by atoms with van der Waals surface area (Å²) in [6, 6.07) is 5.17. The summed E-state index contributed by atoms with van der Waals surface area (Å²) in [6.07, 6.45) is 0.638. The largest absolute Gasteiger partial charge is 0.491 e. The smallest absolute Gasteiger partial charge is 0.328 e. The molecule has 2 amide bonds. The standard InChI is InChI=1S/C13H16N2O5/c16-8-9(12(17)18)14-13(19)15-6-3-7-20-11-5-2-1-4-10(11)15/h1-2,4-5,9,16H,3,6-8H2,(H,14,19)(H,17,18). The summed E-state index contributed by atoms with van der Waals surface area (Å²) in [5.41, 5.74) is 0.588. The van der Waals surface area contributed by atoms with Gasteiger partial charge in [-0.15, -0.1) is 0 Å². The van der Waals surface area contributed by atoms with Gasteiger partial charge < -0.3 is 20.3 Å². The Morgan fingerprint density at radius 2 is 2.15 bits per heavy atom. The number of hydrogen-bond donors (Lipinski definition) is 3. The lowest BCUT2D eigenvalue weighted by molar-refractivity contribution is -0.140. The molecule has 1 atom stereocenters. The van der Waals surface area contributed by atoms with Crippen LogP contribution in [0.25, 0.3) is 0 Å². The van der Waals surface area contributed by atoms with Gasteiger partial charge in [-0.2, -0.15) is 0 Å². The van der Waals surface area contributed by atoms with Crippen molar-refractivity contribution in [2.24, 2.45) is 0 Å². The van der Waals surface area contributed by atoms with Crippen LogP contribution >= 0.6 is 0 Å². The molecule has 7 nitrogen and oxygen atoms in total. The van der Waals surface area contributed by atoms with Gasteiger partial charge in [-0.3, -0.25) is 4.90 Å². The first kappa shape index (κ1) is 14.1. The number of urea groups is 1. The van der Waals surface area contributed by atoms with Gasteiger partial charge in [-0.25, -0.2) is 9.59 Å². The lowest BCUT2D eigenvalue weighted by Crippen LogP contribution is -2.49. The number of aliphatic hydroxyl groups is 1. The van der Waals surface area contributed by atoms with E-state index in [-0.39, 0.29) is 0 Å². The highest BCUT2D eigenvalue weighted by atomic mass is 16.5. The summed E-state index contributed by atoms with van der Waals surface area (Å²) in [5, 5.41) is 20.1. The van der Waals surface area contributed by atoms with Crippen molar-refractivity contribution < 1.29 is 24.5 Å². The van der Waals surface area contributed by atoms with E-state index in [0.29, 0.717) is 31.0 Å². The highest BCUT2D eigenvalue weighted by Gasteiger charge is 2.26. The summed E-state index contributed by atoms with van der Waals surface area (Å²) in [4.78, 5) is 24.4. The lowest BCUT2D eigenvalue weighted by Gasteiger charge is -2.23. The highest BCUT2D eigenvalue weighted by molar-refractivity contribution is 5.95. The van der Waals surface area contributed by atoms with Crippen molar-refractivity contribution in [3.05, 3.63) is 24.3 Å². The maximum absolute atomic E-state index is 12.2. The van der Waals surface area contributed by atoms with E-state index < -0.39 is 24.6 Å². The molecule has 3 N–H and O–H groups in total. The van der Waals surface area contributed by atoms with Gasteiger partial charge in [0.05, 0.1) is 18.9 Å². The van der Waals surface area contributed by atoms with Gasteiger partial charge in [-0.05, 0) is 18.6 Å². The number of rotatable bonds is 3. The van der Waals surface area contributed by atoms with E-state index in [1.807, 2.05) is 0 Å². The number of ether oxygens (including phenoxy) is 1. The van der Waals surface area contributed by atoms with Crippen molar-refractivity contribution in [3.8, 4) is 5.75 Å². The van der Waals surface area contributed by atoms with E-state index in [4.69, 9.17) is 14.9 Å². The van der Waals surface area contributed by atoms with Crippen LogP contribution in [0.4, 0.5) is 10.5 Å². The molecule has 7 heteroatoms. The number of nitrogens with one attached hydrogen (secondary N) is 1. The molecule has 108 valence electrons. The van der Waals surface area contributed by atoms with Crippen LogP contribution in [0.2, 0.25) is 0 Å². The number of para-hydroxylation sites is 2. The molecular formula is C13H16N2O5. The third-order valence-corrected chi connectivity index (χ3v) is 2.96. The molecule has 0 spiro atoms. The van der Waals surface area contributed by atoms with Gasteiger partial charge in [0.15, 0.2) is 6.04 Å². The minimum atomic E-state index is -1.32. The van der Waals surface area contributed by atoms with Crippen molar-refractivity contribution >= 4 is 17.7 Å². The van der Waals surface area contributed by atoms with E-state index in [0.717, 1.165) is 0 Å². The molecule has 1 heterocycles. The number of amides is 2. The topological polar surface area (TPSA) is 99.1 Å². The van der Waals surface area contributed by atoms with Crippen LogP contribution < -0.4 is 15.0 Å². The molecule has 0 radical (unpaired) electrons. The van der Waals surface area contributed by atoms with E-state index in [9.17, 15) is 9.59 Å². The number of carbonyl (C=O) groups is 2. The fourth-order valence-corrected chi connectivity index (χ4v) is 1.95.